The molecule has 2 rings (SSSR count). The van der Waals surface area contributed by atoms with Crippen LogP contribution in [0.15, 0.2) is 48.5 Å². The predicted octanol–water partition coefficient (Wildman–Crippen LogP) is 3.17. The summed E-state index contributed by atoms with van der Waals surface area (Å²) in [6.45, 7) is 0.552. The van der Waals surface area contributed by atoms with E-state index in [0.717, 1.165) is 11.3 Å². The monoisotopic (exact) mass is 301 g/mol. The van der Waals surface area contributed by atoms with Crippen LogP contribution in [0.25, 0.3) is 0 Å². The van der Waals surface area contributed by atoms with Crippen molar-refractivity contribution in [1.29, 1.82) is 0 Å². The van der Waals surface area contributed by atoms with Gasteiger partial charge >= 0.3 is 0 Å². The van der Waals surface area contributed by atoms with Crippen molar-refractivity contribution in [2.45, 2.75) is 6.10 Å². The summed E-state index contributed by atoms with van der Waals surface area (Å²) in [4.78, 5) is 0. The fraction of sp³-hybridized carbons (Fsp3) is 0.176. The number of halogens is 1. The number of benzene rings is 2. The Morgan fingerprint density at radius 3 is 2.81 bits per heavy atom. The van der Waals surface area contributed by atoms with Crippen LogP contribution in [-0.2, 0) is 0 Å². The van der Waals surface area contributed by atoms with Crippen LogP contribution in [-0.4, -0.2) is 24.4 Å². The van der Waals surface area contributed by atoms with E-state index in [4.69, 9.17) is 22.8 Å². The third-order valence-corrected chi connectivity index (χ3v) is 3.04. The van der Waals surface area contributed by atoms with E-state index in [1.54, 1.807) is 24.3 Å². The van der Waals surface area contributed by atoms with E-state index < -0.39 is 6.10 Å². The Bertz CT molecular complexity index is 637. The maximum absolute atomic E-state index is 9.91. The lowest BCUT2D eigenvalue weighted by molar-refractivity contribution is 0.117. The average Bonchev–Trinajstić information content (AvgIpc) is 2.51. The molecular weight excluding hydrogens is 286 g/mol. The lowest BCUT2D eigenvalue weighted by Crippen LogP contribution is -2.26. The van der Waals surface area contributed by atoms with Gasteiger partial charge < -0.3 is 15.2 Å². The SMILES string of the molecule is C#Cc1cccc(NCC(O)COc2cccc(Cl)c2)c1. The number of ether oxygens (including phenoxy) is 1. The summed E-state index contributed by atoms with van der Waals surface area (Å²) >= 11 is 5.86. The van der Waals surface area contributed by atoms with Crippen LogP contribution in [0.4, 0.5) is 5.69 Å². The topological polar surface area (TPSA) is 41.5 Å². The Kier molecular flexibility index (Phi) is 5.51. The summed E-state index contributed by atoms with van der Waals surface area (Å²) in [6.07, 6.45) is 4.70. The summed E-state index contributed by atoms with van der Waals surface area (Å²) in [5, 5.41) is 13.6. The number of aliphatic hydroxyl groups excluding tert-OH is 1. The van der Waals surface area contributed by atoms with Crippen LogP contribution in [0.3, 0.4) is 0 Å². The maximum atomic E-state index is 9.91. The van der Waals surface area contributed by atoms with Gasteiger partial charge in [-0.2, -0.15) is 0 Å². The third-order valence-electron chi connectivity index (χ3n) is 2.81. The van der Waals surface area contributed by atoms with Gasteiger partial charge in [0.05, 0.1) is 0 Å². The first-order valence-electron chi connectivity index (χ1n) is 6.54. The van der Waals surface area contributed by atoms with Crippen LogP contribution >= 0.6 is 11.6 Å². The Balaban J connectivity index is 1.79. The van der Waals surface area contributed by atoms with Crippen LogP contribution < -0.4 is 10.1 Å². The molecule has 0 aliphatic heterocycles. The molecule has 0 saturated carbocycles. The number of hydrogen-bond acceptors (Lipinski definition) is 3. The molecule has 4 heteroatoms. The zero-order valence-corrected chi connectivity index (χ0v) is 12.2. The van der Waals surface area contributed by atoms with E-state index in [9.17, 15) is 5.11 Å². The van der Waals surface area contributed by atoms with E-state index >= 15 is 0 Å². The van der Waals surface area contributed by atoms with Gasteiger partial charge in [0.1, 0.15) is 18.5 Å². The van der Waals surface area contributed by atoms with Crippen molar-refractivity contribution in [1.82, 2.24) is 0 Å². The van der Waals surface area contributed by atoms with Crippen molar-refractivity contribution in [2.24, 2.45) is 0 Å². The van der Waals surface area contributed by atoms with Gasteiger partial charge in [0.25, 0.3) is 0 Å². The average molecular weight is 302 g/mol. The fourth-order valence-electron chi connectivity index (χ4n) is 1.76. The van der Waals surface area contributed by atoms with Crippen molar-refractivity contribution in [2.75, 3.05) is 18.5 Å². The van der Waals surface area contributed by atoms with E-state index in [1.807, 2.05) is 24.3 Å². The number of anilines is 1. The molecule has 0 aliphatic carbocycles. The molecule has 0 saturated heterocycles. The molecule has 0 heterocycles. The summed E-state index contributed by atoms with van der Waals surface area (Å²) in [7, 11) is 0. The largest absolute Gasteiger partial charge is 0.491 e. The van der Waals surface area contributed by atoms with Crippen LogP contribution in [0.1, 0.15) is 5.56 Å². The van der Waals surface area contributed by atoms with Gasteiger partial charge in [-0.3, -0.25) is 0 Å². The van der Waals surface area contributed by atoms with Crippen molar-refractivity contribution < 1.29 is 9.84 Å². The Labute approximate surface area is 129 Å². The van der Waals surface area contributed by atoms with Gasteiger partial charge in [-0.1, -0.05) is 29.7 Å². The smallest absolute Gasteiger partial charge is 0.120 e. The van der Waals surface area contributed by atoms with Gasteiger partial charge in [0, 0.05) is 22.8 Å². The van der Waals surface area contributed by atoms with Crippen molar-refractivity contribution in [3.63, 3.8) is 0 Å². The first-order chi connectivity index (χ1) is 10.2. The normalized spacial score (nSPS) is 11.5. The minimum Gasteiger partial charge on any atom is -0.491 e. The molecule has 0 amide bonds. The lowest BCUT2D eigenvalue weighted by atomic mass is 10.2. The first kappa shape index (κ1) is 15.2. The molecule has 1 atom stereocenters. The number of hydrogen-bond donors (Lipinski definition) is 2. The molecule has 0 fully saturated rings. The second-order valence-electron chi connectivity index (χ2n) is 4.53. The Morgan fingerprint density at radius 2 is 2.05 bits per heavy atom. The molecule has 21 heavy (non-hydrogen) atoms. The zero-order chi connectivity index (χ0) is 15.1. The van der Waals surface area contributed by atoms with E-state index in [2.05, 4.69) is 11.2 Å². The molecule has 2 N–H and O–H groups in total. The van der Waals surface area contributed by atoms with Crippen molar-refractivity contribution >= 4 is 17.3 Å². The number of rotatable bonds is 6. The molecule has 3 nitrogen and oxygen atoms in total. The van der Waals surface area contributed by atoms with Crippen LogP contribution in [0.5, 0.6) is 5.75 Å². The second kappa shape index (κ2) is 7.58. The standard InChI is InChI=1S/C17H16ClNO2/c1-2-13-5-3-7-15(9-13)19-11-16(20)12-21-17-8-4-6-14(18)10-17/h1,3-10,16,19-20H,11-12H2. The molecule has 108 valence electrons. The van der Waals surface area contributed by atoms with Crippen molar-refractivity contribution in [3.05, 3.63) is 59.1 Å². The van der Waals surface area contributed by atoms with Crippen LogP contribution in [0, 0.1) is 12.3 Å². The van der Waals surface area contributed by atoms with E-state index in [1.165, 1.54) is 0 Å². The summed E-state index contributed by atoms with van der Waals surface area (Å²) in [6, 6.07) is 14.5. The van der Waals surface area contributed by atoms with Gasteiger partial charge in [-0.05, 0) is 36.4 Å². The van der Waals surface area contributed by atoms with E-state index in [0.29, 0.717) is 17.3 Å². The molecule has 2 aromatic rings. The highest BCUT2D eigenvalue weighted by molar-refractivity contribution is 6.30. The predicted molar refractivity (Wildman–Crippen MR) is 85.8 cm³/mol. The fourth-order valence-corrected chi connectivity index (χ4v) is 1.94. The first-order valence-corrected chi connectivity index (χ1v) is 6.92. The molecule has 0 radical (unpaired) electrons. The van der Waals surface area contributed by atoms with Gasteiger partial charge in [-0.15, -0.1) is 6.42 Å². The minimum absolute atomic E-state index is 0.183. The van der Waals surface area contributed by atoms with Gasteiger partial charge in [0.2, 0.25) is 0 Å². The summed E-state index contributed by atoms with van der Waals surface area (Å²) in [5.74, 6) is 3.20. The second-order valence-corrected chi connectivity index (χ2v) is 4.96. The molecule has 1 unspecified atom stereocenters. The van der Waals surface area contributed by atoms with Crippen LogP contribution in [0.2, 0.25) is 5.02 Å². The number of aliphatic hydroxyl groups is 1. The maximum Gasteiger partial charge on any atom is 0.120 e. The van der Waals surface area contributed by atoms with E-state index in [-0.39, 0.29) is 6.61 Å². The third kappa shape index (κ3) is 5.03. The highest BCUT2D eigenvalue weighted by atomic mass is 35.5. The Hall–Kier alpha value is -2.15. The molecular formula is C17H16ClNO2. The summed E-state index contributed by atoms with van der Waals surface area (Å²) in [5.41, 5.74) is 1.66. The van der Waals surface area contributed by atoms with Gasteiger partial charge in [0.15, 0.2) is 0 Å². The minimum atomic E-state index is -0.640. The van der Waals surface area contributed by atoms with Crippen molar-refractivity contribution in [3.8, 4) is 18.1 Å². The number of nitrogens with one attached hydrogen (secondary N) is 1. The summed E-state index contributed by atoms with van der Waals surface area (Å²) < 4.78 is 5.48. The molecule has 0 aliphatic rings. The molecule has 2 aromatic carbocycles. The lowest BCUT2D eigenvalue weighted by Gasteiger charge is -2.14. The molecule has 0 spiro atoms. The quantitative estimate of drug-likeness (QED) is 0.805. The number of terminal acetylenes is 1. The van der Waals surface area contributed by atoms with Gasteiger partial charge in [-0.25, -0.2) is 0 Å². The zero-order valence-electron chi connectivity index (χ0n) is 11.4. The highest BCUT2D eigenvalue weighted by Gasteiger charge is 2.05. The molecule has 0 bridgehead atoms. The molecule has 0 aromatic heterocycles. The highest BCUT2D eigenvalue weighted by Crippen LogP contribution is 2.17. The Morgan fingerprint density at radius 1 is 1.24 bits per heavy atom.